The van der Waals surface area contributed by atoms with Gasteiger partial charge in [0.25, 0.3) is 5.56 Å². The van der Waals surface area contributed by atoms with Gasteiger partial charge in [-0.15, -0.1) is 0 Å². The maximum atomic E-state index is 12.1. The van der Waals surface area contributed by atoms with Crippen LogP contribution in [0.2, 0.25) is 0 Å². The lowest BCUT2D eigenvalue weighted by molar-refractivity contribution is -0.116. The first kappa shape index (κ1) is 18.3. The molecule has 0 aliphatic carbocycles. The van der Waals surface area contributed by atoms with E-state index in [1.54, 1.807) is 26.1 Å². The number of esters is 1. The van der Waals surface area contributed by atoms with Gasteiger partial charge in [0, 0.05) is 6.20 Å². The molecule has 7 nitrogen and oxygen atoms in total. The third-order valence-corrected chi connectivity index (χ3v) is 4.62. The van der Waals surface area contributed by atoms with E-state index in [2.05, 4.69) is 26.2 Å². The molecule has 1 amide bonds. The first-order valence-corrected chi connectivity index (χ1v) is 8.73. The molecule has 0 aliphatic rings. The quantitative estimate of drug-likeness (QED) is 0.760. The van der Waals surface area contributed by atoms with Crippen LogP contribution in [0, 0.1) is 13.8 Å². The first-order chi connectivity index (χ1) is 11.3. The minimum Gasteiger partial charge on any atom is -0.462 e. The van der Waals surface area contributed by atoms with Gasteiger partial charge in [-0.05, 0) is 48.3 Å². The Kier molecular flexibility index (Phi) is 5.89. The van der Waals surface area contributed by atoms with Crippen LogP contribution in [0.4, 0.5) is 5.13 Å². The Bertz CT molecular complexity index is 844. The second-order valence-corrected chi connectivity index (χ2v) is 6.85. The monoisotopic (exact) mass is 413 g/mol. The summed E-state index contributed by atoms with van der Waals surface area (Å²) in [4.78, 5) is 40.4. The third kappa shape index (κ3) is 4.30. The molecule has 0 saturated carbocycles. The minimum atomic E-state index is -0.466. The van der Waals surface area contributed by atoms with Gasteiger partial charge >= 0.3 is 5.97 Å². The summed E-state index contributed by atoms with van der Waals surface area (Å²) in [7, 11) is 0. The number of anilines is 1. The number of halogens is 1. The number of thiazole rings is 1. The van der Waals surface area contributed by atoms with E-state index in [1.165, 1.54) is 4.57 Å². The van der Waals surface area contributed by atoms with E-state index in [9.17, 15) is 14.4 Å². The number of rotatable bonds is 5. The Morgan fingerprint density at radius 3 is 2.79 bits per heavy atom. The number of amides is 1. The van der Waals surface area contributed by atoms with Gasteiger partial charge in [0.2, 0.25) is 5.91 Å². The Morgan fingerprint density at radius 1 is 1.42 bits per heavy atom. The highest BCUT2D eigenvalue weighted by atomic mass is 79.9. The maximum absolute atomic E-state index is 12.1. The minimum absolute atomic E-state index is 0.146. The second-order valence-electron chi connectivity index (χ2n) is 5.00. The Balaban J connectivity index is 2.12. The van der Waals surface area contributed by atoms with E-state index in [4.69, 9.17) is 4.74 Å². The van der Waals surface area contributed by atoms with Crippen LogP contribution in [-0.2, 0) is 16.1 Å². The molecule has 0 aromatic carbocycles. The van der Waals surface area contributed by atoms with Crippen molar-refractivity contribution in [2.45, 2.75) is 27.3 Å². The highest BCUT2D eigenvalue weighted by molar-refractivity contribution is 9.10. The van der Waals surface area contributed by atoms with Crippen LogP contribution in [0.5, 0.6) is 0 Å². The van der Waals surface area contributed by atoms with Gasteiger partial charge in [-0.2, -0.15) is 0 Å². The molecule has 9 heteroatoms. The molecule has 0 bridgehead atoms. The van der Waals surface area contributed by atoms with Crippen molar-refractivity contribution < 1.29 is 14.3 Å². The summed E-state index contributed by atoms with van der Waals surface area (Å²) >= 11 is 4.21. The largest absolute Gasteiger partial charge is 0.462 e. The molecule has 2 rings (SSSR count). The number of pyridine rings is 1. The van der Waals surface area contributed by atoms with Gasteiger partial charge < -0.3 is 14.6 Å². The zero-order valence-electron chi connectivity index (χ0n) is 13.4. The summed E-state index contributed by atoms with van der Waals surface area (Å²) in [5.41, 5.74) is 1.05. The molecule has 0 atom stereocenters. The molecule has 0 fully saturated rings. The van der Waals surface area contributed by atoms with E-state index >= 15 is 0 Å². The highest BCUT2D eigenvalue weighted by Gasteiger charge is 2.18. The molecule has 1 N–H and O–H groups in total. The molecular weight excluding hydrogens is 398 g/mol. The molecule has 0 aliphatic heterocycles. The van der Waals surface area contributed by atoms with Crippen molar-refractivity contribution in [2.24, 2.45) is 0 Å². The molecule has 0 spiro atoms. The van der Waals surface area contributed by atoms with Crippen LogP contribution < -0.4 is 10.9 Å². The second kappa shape index (κ2) is 7.71. The molecule has 0 radical (unpaired) electrons. The van der Waals surface area contributed by atoms with Gasteiger partial charge in [-0.25, -0.2) is 9.78 Å². The number of ether oxygens (including phenoxy) is 1. The van der Waals surface area contributed by atoms with E-state index in [1.807, 2.05) is 6.92 Å². The van der Waals surface area contributed by atoms with Crippen LogP contribution in [0.25, 0.3) is 0 Å². The fourth-order valence-corrected chi connectivity index (χ4v) is 3.47. The standard InChI is InChI=1S/C15H16BrN3O4S/c1-4-23-14(22)12-9(3)17-15(24-12)18-11(20)7-19-6-8(2)5-10(16)13(19)21/h5-6H,4,7H2,1-3H3,(H,17,18,20). The van der Waals surface area contributed by atoms with Crippen LogP contribution in [0.15, 0.2) is 21.5 Å². The predicted molar refractivity (Wildman–Crippen MR) is 94.6 cm³/mol. The molecule has 2 aromatic heterocycles. The van der Waals surface area contributed by atoms with E-state index in [0.717, 1.165) is 16.9 Å². The molecule has 2 heterocycles. The predicted octanol–water partition coefficient (Wildman–Crippen LogP) is 2.50. The van der Waals surface area contributed by atoms with Crippen molar-refractivity contribution in [3.63, 3.8) is 0 Å². The number of aryl methyl sites for hydroxylation is 2. The van der Waals surface area contributed by atoms with Gasteiger partial charge in [0.15, 0.2) is 5.13 Å². The lowest BCUT2D eigenvalue weighted by Gasteiger charge is -2.07. The molecule has 0 saturated heterocycles. The van der Waals surface area contributed by atoms with Crippen LogP contribution in [0.3, 0.4) is 0 Å². The Hall–Kier alpha value is -2.00. The van der Waals surface area contributed by atoms with Gasteiger partial charge in [0.05, 0.1) is 16.8 Å². The van der Waals surface area contributed by atoms with E-state index in [-0.39, 0.29) is 18.7 Å². The summed E-state index contributed by atoms with van der Waals surface area (Å²) in [6, 6.07) is 1.69. The van der Waals surface area contributed by atoms with Crippen LogP contribution in [0.1, 0.15) is 27.9 Å². The SMILES string of the molecule is CCOC(=O)c1sc(NC(=O)Cn2cc(C)cc(Br)c2=O)nc1C. The molecule has 24 heavy (non-hydrogen) atoms. The molecular formula is C15H16BrN3O4S. The number of nitrogens with one attached hydrogen (secondary N) is 1. The molecule has 128 valence electrons. The van der Waals surface area contributed by atoms with Crippen molar-refractivity contribution in [3.05, 3.63) is 43.2 Å². The van der Waals surface area contributed by atoms with Gasteiger partial charge in [-0.1, -0.05) is 11.3 Å². The number of hydrogen-bond donors (Lipinski definition) is 1. The van der Waals surface area contributed by atoms with Crippen molar-refractivity contribution in [1.29, 1.82) is 0 Å². The number of hydrogen-bond acceptors (Lipinski definition) is 6. The summed E-state index contributed by atoms with van der Waals surface area (Å²) in [5.74, 6) is -0.870. The maximum Gasteiger partial charge on any atom is 0.350 e. The summed E-state index contributed by atoms with van der Waals surface area (Å²) in [5, 5.41) is 2.89. The lowest BCUT2D eigenvalue weighted by atomic mass is 10.3. The molecule has 0 unspecified atom stereocenters. The number of carbonyl (C=O) groups excluding carboxylic acids is 2. The van der Waals surface area contributed by atoms with Crippen molar-refractivity contribution >= 4 is 44.3 Å². The average Bonchev–Trinajstić information content (AvgIpc) is 2.85. The number of carbonyl (C=O) groups is 2. The summed E-state index contributed by atoms with van der Waals surface area (Å²) in [6.07, 6.45) is 1.60. The zero-order valence-corrected chi connectivity index (χ0v) is 15.8. The average molecular weight is 414 g/mol. The topological polar surface area (TPSA) is 90.3 Å². The Morgan fingerprint density at radius 2 is 2.12 bits per heavy atom. The van der Waals surface area contributed by atoms with Crippen molar-refractivity contribution in [3.8, 4) is 0 Å². The summed E-state index contributed by atoms with van der Waals surface area (Å²) in [6.45, 7) is 5.33. The first-order valence-electron chi connectivity index (χ1n) is 7.12. The fourth-order valence-electron chi connectivity index (χ4n) is 2.01. The Labute approximate surface area is 150 Å². The van der Waals surface area contributed by atoms with Gasteiger partial charge in [0.1, 0.15) is 11.4 Å². The third-order valence-electron chi connectivity index (χ3n) is 3.00. The summed E-state index contributed by atoms with van der Waals surface area (Å²) < 4.78 is 6.63. The van der Waals surface area contributed by atoms with Crippen molar-refractivity contribution in [2.75, 3.05) is 11.9 Å². The molecule has 2 aromatic rings. The van der Waals surface area contributed by atoms with E-state index in [0.29, 0.717) is 20.2 Å². The smallest absolute Gasteiger partial charge is 0.350 e. The van der Waals surface area contributed by atoms with Gasteiger partial charge in [-0.3, -0.25) is 9.59 Å². The van der Waals surface area contributed by atoms with Crippen LogP contribution in [-0.4, -0.2) is 28.0 Å². The number of nitrogens with zero attached hydrogens (tertiary/aromatic N) is 2. The number of aromatic nitrogens is 2. The van der Waals surface area contributed by atoms with E-state index < -0.39 is 11.9 Å². The van der Waals surface area contributed by atoms with Crippen LogP contribution >= 0.6 is 27.3 Å². The zero-order chi connectivity index (χ0) is 17.9. The highest BCUT2D eigenvalue weighted by Crippen LogP contribution is 2.23. The lowest BCUT2D eigenvalue weighted by Crippen LogP contribution is -2.27. The normalized spacial score (nSPS) is 10.5. The fraction of sp³-hybridized carbons (Fsp3) is 0.333. The van der Waals surface area contributed by atoms with Crippen molar-refractivity contribution in [1.82, 2.24) is 9.55 Å².